The predicted octanol–water partition coefficient (Wildman–Crippen LogP) is 4.56. The van der Waals surface area contributed by atoms with Crippen LogP contribution in [0.15, 0.2) is 35.5 Å². The summed E-state index contributed by atoms with van der Waals surface area (Å²) in [7, 11) is 0. The average Bonchev–Trinajstić information content (AvgIpc) is 3.57. The van der Waals surface area contributed by atoms with Crippen molar-refractivity contribution in [1.82, 2.24) is 10.2 Å². The third kappa shape index (κ3) is 7.22. The number of ether oxygens (including phenoxy) is 3. The van der Waals surface area contributed by atoms with Crippen molar-refractivity contribution < 1.29 is 33.4 Å². The summed E-state index contributed by atoms with van der Waals surface area (Å²) >= 11 is 0. The summed E-state index contributed by atoms with van der Waals surface area (Å²) in [6.45, 7) is 11.0. The largest absolute Gasteiger partial charge is 0.458 e. The molecule has 0 unspecified atom stereocenters. The second-order valence-corrected chi connectivity index (χ2v) is 12.8. The summed E-state index contributed by atoms with van der Waals surface area (Å²) in [5.74, 6) is 0.0444. The Hall–Kier alpha value is -3.30. The molecular weight excluding hydrogens is 502 g/mol. The summed E-state index contributed by atoms with van der Waals surface area (Å²) in [6.07, 6.45) is 3.37. The first kappa shape index (κ1) is 28.7. The van der Waals surface area contributed by atoms with Crippen molar-refractivity contribution in [2.75, 3.05) is 6.54 Å². The molecule has 10 nitrogen and oxygen atoms in total. The topological polar surface area (TPSA) is 116 Å². The number of hydrogen-bond donors (Lipinski definition) is 1. The molecule has 1 saturated heterocycles. The summed E-state index contributed by atoms with van der Waals surface area (Å²) in [4.78, 5) is 47.6. The number of benzene rings is 1. The Bertz CT molecular complexity index is 1090. The van der Waals surface area contributed by atoms with Gasteiger partial charge in [-0.15, -0.1) is 0 Å². The fraction of sp³-hybridized carbons (Fsp3) is 0.655. The first-order valence-corrected chi connectivity index (χ1v) is 13.7. The van der Waals surface area contributed by atoms with Crippen LogP contribution in [0.2, 0.25) is 0 Å². The Morgan fingerprint density at radius 3 is 2.36 bits per heavy atom. The SMILES string of the molecule is CC(C)(C)OC(=O)[C@@H]1C[C@]2(CC(Oc3ccccc3)=NO2)CN1C(=O)[C@@H](NC(=O)OC1CCCC1)C(C)(C)C. The Morgan fingerprint density at radius 1 is 1.08 bits per heavy atom. The van der Waals surface area contributed by atoms with Gasteiger partial charge in [-0.25, -0.2) is 9.59 Å². The van der Waals surface area contributed by atoms with Crippen LogP contribution in [0.3, 0.4) is 0 Å². The Balaban J connectivity index is 1.53. The Kier molecular flexibility index (Phi) is 8.14. The van der Waals surface area contributed by atoms with Crippen molar-refractivity contribution in [2.24, 2.45) is 10.6 Å². The molecule has 10 heteroatoms. The number of likely N-dealkylation sites (tertiary alicyclic amines) is 1. The second kappa shape index (κ2) is 11.1. The van der Waals surface area contributed by atoms with Crippen LogP contribution in [0, 0.1) is 5.41 Å². The number of carbonyl (C=O) groups is 3. The smallest absolute Gasteiger partial charge is 0.408 e. The van der Waals surface area contributed by atoms with Crippen molar-refractivity contribution in [2.45, 2.75) is 109 Å². The monoisotopic (exact) mass is 543 g/mol. The predicted molar refractivity (Wildman–Crippen MR) is 144 cm³/mol. The van der Waals surface area contributed by atoms with E-state index in [1.165, 1.54) is 4.90 Å². The zero-order valence-electron chi connectivity index (χ0n) is 23.8. The van der Waals surface area contributed by atoms with Gasteiger partial charge in [-0.1, -0.05) is 44.1 Å². The molecule has 1 aromatic carbocycles. The van der Waals surface area contributed by atoms with Crippen molar-refractivity contribution in [3.8, 4) is 5.75 Å². The molecule has 0 bridgehead atoms. The number of esters is 1. The third-order valence-corrected chi connectivity index (χ3v) is 7.11. The van der Waals surface area contributed by atoms with Crippen LogP contribution in [0.1, 0.15) is 80.1 Å². The number of carbonyl (C=O) groups excluding carboxylic acids is 3. The molecule has 1 spiro atoms. The van der Waals surface area contributed by atoms with Crippen LogP contribution in [0.4, 0.5) is 4.79 Å². The van der Waals surface area contributed by atoms with Crippen LogP contribution in [-0.4, -0.2) is 64.7 Å². The Morgan fingerprint density at radius 2 is 1.74 bits per heavy atom. The summed E-state index contributed by atoms with van der Waals surface area (Å²) < 4.78 is 17.2. The molecule has 1 aliphatic carbocycles. The molecule has 2 aliphatic heterocycles. The molecule has 2 fully saturated rings. The van der Waals surface area contributed by atoms with Crippen molar-refractivity contribution in [3.63, 3.8) is 0 Å². The van der Waals surface area contributed by atoms with Gasteiger partial charge in [-0.2, -0.15) is 0 Å². The van der Waals surface area contributed by atoms with E-state index in [1.807, 2.05) is 51.1 Å². The lowest BCUT2D eigenvalue weighted by Gasteiger charge is -2.35. The molecular formula is C29H41N3O7. The minimum atomic E-state index is -0.950. The lowest BCUT2D eigenvalue weighted by atomic mass is 9.85. The van der Waals surface area contributed by atoms with E-state index in [-0.39, 0.29) is 25.5 Å². The summed E-state index contributed by atoms with van der Waals surface area (Å²) in [5.41, 5.74) is -2.36. The molecule has 3 atom stereocenters. The molecule has 0 aromatic heterocycles. The van der Waals surface area contributed by atoms with Crippen LogP contribution >= 0.6 is 0 Å². The number of amides is 2. The zero-order valence-corrected chi connectivity index (χ0v) is 23.8. The second-order valence-electron chi connectivity index (χ2n) is 12.8. The van der Waals surface area contributed by atoms with Crippen molar-refractivity contribution in [1.29, 1.82) is 0 Å². The lowest BCUT2D eigenvalue weighted by molar-refractivity contribution is -0.164. The maximum absolute atomic E-state index is 14.1. The van der Waals surface area contributed by atoms with Crippen molar-refractivity contribution in [3.05, 3.63) is 30.3 Å². The molecule has 1 saturated carbocycles. The highest BCUT2D eigenvalue weighted by atomic mass is 16.7. The molecule has 2 amide bonds. The minimum absolute atomic E-state index is 0.0901. The first-order valence-electron chi connectivity index (χ1n) is 13.7. The molecule has 1 N–H and O–H groups in total. The maximum atomic E-state index is 14.1. The van der Waals surface area contributed by atoms with Crippen LogP contribution in [0.25, 0.3) is 0 Å². The van der Waals surface area contributed by atoms with Crippen LogP contribution in [0.5, 0.6) is 5.75 Å². The van der Waals surface area contributed by atoms with E-state index >= 15 is 0 Å². The highest BCUT2D eigenvalue weighted by Gasteiger charge is 2.56. The van der Waals surface area contributed by atoms with E-state index in [2.05, 4.69) is 10.5 Å². The van der Waals surface area contributed by atoms with E-state index in [0.29, 0.717) is 11.6 Å². The number of oxime groups is 1. The molecule has 1 aromatic rings. The number of nitrogens with zero attached hydrogens (tertiary/aromatic N) is 2. The summed E-state index contributed by atoms with van der Waals surface area (Å²) in [5, 5.41) is 6.93. The molecule has 2 heterocycles. The highest BCUT2D eigenvalue weighted by molar-refractivity contribution is 5.92. The average molecular weight is 544 g/mol. The van der Waals surface area contributed by atoms with Gasteiger partial charge in [0.05, 0.1) is 13.0 Å². The van der Waals surface area contributed by atoms with Gasteiger partial charge in [0, 0.05) is 6.42 Å². The fourth-order valence-electron chi connectivity index (χ4n) is 5.24. The maximum Gasteiger partial charge on any atom is 0.408 e. The number of alkyl carbamates (subject to hydrolysis) is 1. The van der Waals surface area contributed by atoms with E-state index in [9.17, 15) is 14.4 Å². The van der Waals surface area contributed by atoms with E-state index in [1.54, 1.807) is 20.8 Å². The first-order chi connectivity index (χ1) is 18.2. The van der Waals surface area contributed by atoms with E-state index in [4.69, 9.17) is 19.0 Å². The van der Waals surface area contributed by atoms with Gasteiger partial charge in [0.1, 0.15) is 29.5 Å². The van der Waals surface area contributed by atoms with Crippen LogP contribution < -0.4 is 10.1 Å². The third-order valence-electron chi connectivity index (χ3n) is 7.11. The van der Waals surface area contributed by atoms with Gasteiger partial charge in [-0.3, -0.25) is 4.79 Å². The normalized spacial score (nSPS) is 24.2. The Labute approximate surface area is 230 Å². The van der Waals surface area contributed by atoms with Gasteiger partial charge >= 0.3 is 12.1 Å². The molecule has 214 valence electrons. The van der Waals surface area contributed by atoms with Gasteiger partial charge in [-0.05, 0) is 64.0 Å². The van der Waals surface area contributed by atoms with Gasteiger partial charge in [0.2, 0.25) is 11.8 Å². The highest BCUT2D eigenvalue weighted by Crippen LogP contribution is 2.40. The van der Waals surface area contributed by atoms with Gasteiger partial charge in [0.25, 0.3) is 0 Å². The molecule has 4 rings (SSSR count). The van der Waals surface area contributed by atoms with Crippen molar-refractivity contribution >= 4 is 23.9 Å². The minimum Gasteiger partial charge on any atom is -0.458 e. The fourth-order valence-corrected chi connectivity index (χ4v) is 5.24. The number of para-hydroxylation sites is 1. The standard InChI is InChI=1S/C29H41N3O7/c1-27(2,3)23(30-26(35)37-20-14-10-11-15-20)24(33)32-18-29(16-21(32)25(34)38-28(4,5)6)17-22(31-39-29)36-19-12-8-7-9-13-19/h7-9,12-13,20-21,23H,10-11,14-18H2,1-6H3,(H,30,35)/t21-,23+,29-/m0/s1. The lowest BCUT2D eigenvalue weighted by Crippen LogP contribution is -2.57. The van der Waals surface area contributed by atoms with E-state index in [0.717, 1.165) is 25.7 Å². The van der Waals surface area contributed by atoms with Gasteiger partial charge in [0.15, 0.2) is 5.60 Å². The molecule has 3 aliphatic rings. The zero-order chi connectivity index (χ0) is 28.4. The molecule has 0 radical (unpaired) electrons. The molecule has 39 heavy (non-hydrogen) atoms. The van der Waals surface area contributed by atoms with Gasteiger partial charge < -0.3 is 29.3 Å². The number of rotatable bonds is 5. The number of hydrogen-bond acceptors (Lipinski definition) is 8. The quantitative estimate of drug-likeness (QED) is 0.541. The van der Waals surface area contributed by atoms with Crippen LogP contribution in [-0.2, 0) is 23.9 Å². The van der Waals surface area contributed by atoms with E-state index < -0.39 is 46.7 Å². The summed E-state index contributed by atoms with van der Waals surface area (Å²) in [6, 6.07) is 7.36. The number of nitrogens with one attached hydrogen (secondary N) is 1.